The summed E-state index contributed by atoms with van der Waals surface area (Å²) in [6.07, 6.45) is 3.36. The fourth-order valence-electron chi connectivity index (χ4n) is 3.41. The zero-order valence-electron chi connectivity index (χ0n) is 19.4. The molecule has 0 saturated carbocycles. The molecule has 2 heterocycles. The number of thioether (sulfide) groups is 1. The van der Waals surface area contributed by atoms with E-state index in [1.54, 1.807) is 47.7 Å². The Labute approximate surface area is 216 Å². The van der Waals surface area contributed by atoms with Gasteiger partial charge in [-0.3, -0.25) is 4.79 Å². The maximum Gasteiger partial charge on any atom is 0.235 e. The van der Waals surface area contributed by atoms with Crippen LogP contribution in [-0.4, -0.2) is 45.1 Å². The number of benzene rings is 3. The molecular formula is C27H22N4O3S2. The molecule has 0 bridgehead atoms. The molecule has 7 nitrogen and oxygen atoms in total. The van der Waals surface area contributed by atoms with Gasteiger partial charge < -0.3 is 9.47 Å². The smallest absolute Gasteiger partial charge is 0.235 e. The summed E-state index contributed by atoms with van der Waals surface area (Å²) in [6, 6.07) is 24.6. The molecule has 0 amide bonds. The van der Waals surface area contributed by atoms with Crippen LogP contribution >= 0.6 is 23.1 Å². The van der Waals surface area contributed by atoms with Crippen LogP contribution in [0.3, 0.4) is 0 Å². The highest BCUT2D eigenvalue weighted by atomic mass is 32.2. The van der Waals surface area contributed by atoms with Gasteiger partial charge in [0.05, 0.1) is 13.7 Å². The Morgan fingerprint density at radius 1 is 0.972 bits per heavy atom. The minimum atomic E-state index is -0.0638. The first-order chi connectivity index (χ1) is 17.7. The Bertz CT molecular complexity index is 1480. The molecule has 0 aliphatic heterocycles. The molecule has 5 aromatic rings. The molecule has 0 radical (unpaired) electrons. The van der Waals surface area contributed by atoms with Gasteiger partial charge in [0, 0.05) is 16.9 Å². The molecule has 2 aromatic heterocycles. The van der Waals surface area contributed by atoms with Crippen LogP contribution in [-0.2, 0) is 0 Å². The van der Waals surface area contributed by atoms with Gasteiger partial charge in [-0.2, -0.15) is 4.52 Å². The molecule has 0 saturated heterocycles. The van der Waals surface area contributed by atoms with Crippen molar-refractivity contribution in [1.29, 1.82) is 0 Å². The minimum Gasteiger partial charge on any atom is -0.497 e. The zero-order valence-corrected chi connectivity index (χ0v) is 21.0. The van der Waals surface area contributed by atoms with Gasteiger partial charge in [0.1, 0.15) is 11.5 Å². The SMILES string of the molecule is COc1ccc(/C=C/C(=O)c2ccc(OCCSc3nn4c(-c5ccccc5)nnc4s3)cc2)cc1. The second-order valence-corrected chi connectivity index (χ2v) is 9.94. The molecule has 36 heavy (non-hydrogen) atoms. The summed E-state index contributed by atoms with van der Waals surface area (Å²) >= 11 is 3.12. The molecule has 0 spiro atoms. The highest BCUT2D eigenvalue weighted by Crippen LogP contribution is 2.27. The maximum atomic E-state index is 12.5. The Hall–Kier alpha value is -3.95. The van der Waals surface area contributed by atoms with Crippen LogP contribution in [0.2, 0.25) is 0 Å². The van der Waals surface area contributed by atoms with Crippen molar-refractivity contribution in [2.75, 3.05) is 19.5 Å². The molecule has 0 atom stereocenters. The highest BCUT2D eigenvalue weighted by molar-refractivity contribution is 8.01. The third-order valence-corrected chi connectivity index (χ3v) is 7.26. The summed E-state index contributed by atoms with van der Waals surface area (Å²) in [6.45, 7) is 0.515. The number of aromatic nitrogens is 4. The third kappa shape index (κ3) is 5.64. The van der Waals surface area contributed by atoms with Gasteiger partial charge >= 0.3 is 0 Å². The van der Waals surface area contributed by atoms with Crippen molar-refractivity contribution < 1.29 is 14.3 Å². The van der Waals surface area contributed by atoms with E-state index in [2.05, 4.69) is 15.3 Å². The number of rotatable bonds is 10. The van der Waals surface area contributed by atoms with E-state index >= 15 is 0 Å². The van der Waals surface area contributed by atoms with Crippen molar-refractivity contribution >= 4 is 39.9 Å². The summed E-state index contributed by atoms with van der Waals surface area (Å²) in [5, 5.41) is 13.1. The second-order valence-electron chi connectivity index (χ2n) is 7.64. The van der Waals surface area contributed by atoms with E-state index in [4.69, 9.17) is 9.47 Å². The van der Waals surface area contributed by atoms with E-state index in [0.29, 0.717) is 12.2 Å². The standard InChI is InChI=1S/C27H22N4O3S2/c1-33-22-12-7-19(8-13-22)9-16-24(32)20-10-14-23(15-11-20)34-17-18-35-27-30-31-25(28-29-26(31)36-27)21-5-3-2-4-6-21/h2-16H,17-18H2,1H3/b16-9+. The van der Waals surface area contributed by atoms with Crippen LogP contribution in [0.15, 0.2) is 89.3 Å². The van der Waals surface area contributed by atoms with Crippen LogP contribution in [0.4, 0.5) is 0 Å². The third-order valence-electron chi connectivity index (χ3n) is 5.26. The number of methoxy groups -OCH3 is 1. The van der Waals surface area contributed by atoms with Crippen LogP contribution in [0.5, 0.6) is 11.5 Å². The molecule has 180 valence electrons. The number of ether oxygens (including phenoxy) is 2. The second kappa shape index (κ2) is 11.2. The summed E-state index contributed by atoms with van der Waals surface area (Å²) in [5.41, 5.74) is 2.52. The van der Waals surface area contributed by atoms with Gasteiger partial charge in [-0.25, -0.2) is 0 Å². The first-order valence-corrected chi connectivity index (χ1v) is 13.0. The molecule has 0 N–H and O–H groups in total. The summed E-state index contributed by atoms with van der Waals surface area (Å²) in [4.78, 5) is 13.2. The number of carbonyl (C=O) groups excluding carboxylic acids is 1. The molecule has 0 unspecified atom stereocenters. The van der Waals surface area contributed by atoms with Crippen LogP contribution in [0, 0.1) is 0 Å². The number of allylic oxidation sites excluding steroid dienone is 1. The number of nitrogens with zero attached hydrogens (tertiary/aromatic N) is 4. The van der Waals surface area contributed by atoms with E-state index < -0.39 is 0 Å². The number of hydrogen-bond donors (Lipinski definition) is 0. The van der Waals surface area contributed by atoms with Crippen molar-refractivity contribution in [3.63, 3.8) is 0 Å². The number of carbonyl (C=O) groups is 1. The molecular weight excluding hydrogens is 492 g/mol. The van der Waals surface area contributed by atoms with Gasteiger partial charge in [-0.1, -0.05) is 71.6 Å². The minimum absolute atomic E-state index is 0.0638. The van der Waals surface area contributed by atoms with Crippen LogP contribution in [0.1, 0.15) is 15.9 Å². The van der Waals surface area contributed by atoms with Gasteiger partial charge in [-0.05, 0) is 48.0 Å². The van der Waals surface area contributed by atoms with Crippen molar-refractivity contribution in [3.8, 4) is 22.9 Å². The zero-order chi connectivity index (χ0) is 24.7. The first-order valence-electron chi connectivity index (χ1n) is 11.2. The van der Waals surface area contributed by atoms with E-state index in [1.807, 2.05) is 66.7 Å². The molecule has 0 fully saturated rings. The number of hydrogen-bond acceptors (Lipinski definition) is 8. The molecule has 0 aliphatic rings. The van der Waals surface area contributed by atoms with Crippen molar-refractivity contribution in [3.05, 3.63) is 96.1 Å². The first kappa shape index (κ1) is 23.8. The van der Waals surface area contributed by atoms with Gasteiger partial charge in [-0.15, -0.1) is 15.3 Å². The van der Waals surface area contributed by atoms with Gasteiger partial charge in [0.2, 0.25) is 4.96 Å². The largest absolute Gasteiger partial charge is 0.497 e. The van der Waals surface area contributed by atoms with Gasteiger partial charge in [0.15, 0.2) is 15.9 Å². The summed E-state index contributed by atoms with van der Waals surface area (Å²) in [7, 11) is 1.62. The quantitative estimate of drug-likeness (QED) is 0.0989. The van der Waals surface area contributed by atoms with Crippen molar-refractivity contribution in [2.45, 2.75) is 4.34 Å². The predicted molar refractivity (Wildman–Crippen MR) is 143 cm³/mol. The Kier molecular flexibility index (Phi) is 7.39. The Morgan fingerprint density at radius 2 is 1.72 bits per heavy atom. The summed E-state index contributed by atoms with van der Waals surface area (Å²) in [5.74, 6) is 2.90. The van der Waals surface area contributed by atoms with E-state index in [0.717, 1.165) is 43.5 Å². The van der Waals surface area contributed by atoms with Crippen molar-refractivity contribution in [1.82, 2.24) is 19.8 Å². The average molecular weight is 515 g/mol. The molecule has 3 aromatic carbocycles. The van der Waals surface area contributed by atoms with Gasteiger partial charge in [0.25, 0.3) is 0 Å². The van der Waals surface area contributed by atoms with E-state index in [-0.39, 0.29) is 5.78 Å². The topological polar surface area (TPSA) is 78.6 Å². The van der Waals surface area contributed by atoms with E-state index in [1.165, 1.54) is 11.3 Å². The molecule has 9 heteroatoms. The number of ketones is 1. The van der Waals surface area contributed by atoms with Crippen LogP contribution < -0.4 is 9.47 Å². The fraction of sp³-hybridized carbons (Fsp3) is 0.111. The maximum absolute atomic E-state index is 12.5. The van der Waals surface area contributed by atoms with E-state index in [9.17, 15) is 4.79 Å². The lowest BCUT2D eigenvalue weighted by Gasteiger charge is -2.05. The Balaban J connectivity index is 1.11. The molecule has 0 aliphatic carbocycles. The number of fused-ring (bicyclic) bond motifs is 1. The molecule has 5 rings (SSSR count). The summed E-state index contributed by atoms with van der Waals surface area (Å²) < 4.78 is 13.7. The normalized spacial score (nSPS) is 11.2. The lowest BCUT2D eigenvalue weighted by atomic mass is 10.1. The Morgan fingerprint density at radius 3 is 2.47 bits per heavy atom. The van der Waals surface area contributed by atoms with Crippen molar-refractivity contribution in [2.24, 2.45) is 0 Å². The van der Waals surface area contributed by atoms with Crippen LogP contribution in [0.25, 0.3) is 22.4 Å². The average Bonchev–Trinajstić information content (AvgIpc) is 3.51. The fourth-order valence-corrected chi connectivity index (χ4v) is 5.18. The monoisotopic (exact) mass is 514 g/mol. The lowest BCUT2D eigenvalue weighted by Crippen LogP contribution is -2.01. The highest BCUT2D eigenvalue weighted by Gasteiger charge is 2.13. The lowest BCUT2D eigenvalue weighted by molar-refractivity contribution is 0.104. The predicted octanol–water partition coefficient (Wildman–Crippen LogP) is 5.93.